The molecule has 2 fully saturated rings. The van der Waals surface area contributed by atoms with Crippen LogP contribution in [0.3, 0.4) is 0 Å². The fraction of sp³-hybridized carbons (Fsp3) is 0.429. The summed E-state index contributed by atoms with van der Waals surface area (Å²) in [5.74, 6) is -1.90. The first kappa shape index (κ1) is 46.8. The first-order valence-corrected chi connectivity index (χ1v) is 23.9. The van der Waals surface area contributed by atoms with Gasteiger partial charge in [-0.15, -0.1) is 0 Å². The first-order chi connectivity index (χ1) is 29.9. The fourth-order valence-electron chi connectivity index (χ4n) is 8.36. The Morgan fingerprint density at radius 1 is 0.823 bits per heavy atom. The van der Waals surface area contributed by atoms with Gasteiger partial charge >= 0.3 is 0 Å². The average molecular weight is 885 g/mol. The number of sulfonamides is 1. The van der Waals surface area contributed by atoms with Crippen molar-refractivity contribution in [2.75, 3.05) is 25.9 Å². The van der Waals surface area contributed by atoms with Gasteiger partial charge in [0.2, 0.25) is 21.7 Å². The van der Waals surface area contributed by atoms with E-state index in [0.717, 1.165) is 60.2 Å². The summed E-state index contributed by atoms with van der Waals surface area (Å²) in [7, 11) is -3.79. The van der Waals surface area contributed by atoms with E-state index in [4.69, 9.17) is 21.1 Å². The minimum Gasteiger partial charge on any atom is -0.489 e. The van der Waals surface area contributed by atoms with Gasteiger partial charge in [0, 0.05) is 36.7 Å². The number of likely N-dealkylation sites (tertiary alicyclic amines) is 1. The van der Waals surface area contributed by atoms with E-state index in [1.54, 1.807) is 12.1 Å². The molecule has 2 aliphatic rings. The lowest BCUT2D eigenvalue weighted by Crippen LogP contribution is -2.52. The van der Waals surface area contributed by atoms with Gasteiger partial charge in [0.25, 0.3) is 0 Å². The lowest BCUT2D eigenvalue weighted by molar-refractivity contribution is -0.142. The summed E-state index contributed by atoms with van der Waals surface area (Å²) in [5.41, 5.74) is 3.74. The molecule has 0 saturated carbocycles. The second kappa shape index (κ2) is 23.1. The van der Waals surface area contributed by atoms with Gasteiger partial charge in [-0.25, -0.2) is 13.1 Å². The van der Waals surface area contributed by atoms with Gasteiger partial charge in [-0.1, -0.05) is 96.5 Å². The number of ketones is 3. The highest BCUT2D eigenvalue weighted by molar-refractivity contribution is 7.88. The molecule has 2 N–H and O–H groups in total. The molecular weight excluding hydrogens is 826 g/mol. The molecule has 13 heteroatoms. The van der Waals surface area contributed by atoms with Gasteiger partial charge in [-0.3, -0.25) is 19.2 Å². The number of nitrogens with one attached hydrogen (secondary N) is 2. The van der Waals surface area contributed by atoms with E-state index in [1.807, 2.05) is 97.1 Å². The van der Waals surface area contributed by atoms with E-state index in [2.05, 4.69) is 10.0 Å². The van der Waals surface area contributed by atoms with E-state index in [1.165, 1.54) is 4.90 Å². The minimum absolute atomic E-state index is 0.0229. The Bertz CT molecular complexity index is 2180. The van der Waals surface area contributed by atoms with Crippen LogP contribution in [0.15, 0.2) is 109 Å². The third kappa shape index (κ3) is 14.7. The van der Waals surface area contributed by atoms with Crippen LogP contribution >= 0.6 is 11.6 Å². The van der Waals surface area contributed by atoms with Crippen LogP contribution in [0, 0.1) is 11.8 Å². The number of hydrogen-bond acceptors (Lipinski definition) is 9. The molecule has 330 valence electrons. The molecule has 0 bridgehead atoms. The number of ether oxygens (including phenoxy) is 2. The molecule has 0 aromatic heterocycles. The highest BCUT2D eigenvalue weighted by Crippen LogP contribution is 2.29. The van der Waals surface area contributed by atoms with Crippen LogP contribution in [0.1, 0.15) is 73.6 Å². The second-order valence-corrected chi connectivity index (χ2v) is 18.8. The number of rotatable bonds is 23. The van der Waals surface area contributed by atoms with Crippen molar-refractivity contribution in [3.63, 3.8) is 0 Å². The molecule has 1 amide bonds. The fourth-order valence-corrected chi connectivity index (χ4v) is 9.22. The Kier molecular flexibility index (Phi) is 17.4. The zero-order valence-electron chi connectivity index (χ0n) is 35.4. The number of Topliss-reactive ketones (excluding diaryl/α,β-unsaturated/α-hetero) is 3. The molecule has 11 nitrogen and oxygen atoms in total. The molecule has 6 rings (SSSR count). The summed E-state index contributed by atoms with van der Waals surface area (Å²) < 4.78 is 39.9. The number of carbonyl (C=O) groups excluding carboxylic acids is 4. The number of nitrogens with zero attached hydrogens (tertiary/aromatic N) is 1. The largest absolute Gasteiger partial charge is 0.489 e. The molecule has 0 radical (unpaired) electrons. The molecule has 2 heterocycles. The topological polar surface area (TPSA) is 148 Å². The first-order valence-electron chi connectivity index (χ1n) is 21.6. The number of aryl methyl sites for hydroxylation is 1. The molecule has 62 heavy (non-hydrogen) atoms. The van der Waals surface area contributed by atoms with Crippen LogP contribution in [0.4, 0.5) is 0 Å². The maximum Gasteiger partial charge on any atom is 0.241 e. The van der Waals surface area contributed by atoms with Crippen molar-refractivity contribution in [3.05, 3.63) is 136 Å². The Balaban J connectivity index is 1.14. The van der Waals surface area contributed by atoms with Crippen molar-refractivity contribution >= 4 is 44.9 Å². The minimum atomic E-state index is -3.79. The maximum absolute atomic E-state index is 14.5. The third-order valence-electron chi connectivity index (χ3n) is 11.8. The van der Waals surface area contributed by atoms with E-state index in [9.17, 15) is 27.6 Å². The average Bonchev–Trinajstić information content (AvgIpc) is 3.72. The van der Waals surface area contributed by atoms with Crippen molar-refractivity contribution in [2.24, 2.45) is 11.8 Å². The Hall–Kier alpha value is -4.72. The van der Waals surface area contributed by atoms with Crippen LogP contribution in [0.2, 0.25) is 5.02 Å². The smallest absolute Gasteiger partial charge is 0.241 e. The number of amides is 1. The summed E-state index contributed by atoms with van der Waals surface area (Å²) >= 11 is 6.09. The monoisotopic (exact) mass is 883 g/mol. The lowest BCUT2D eigenvalue weighted by Gasteiger charge is -2.30. The zero-order valence-corrected chi connectivity index (χ0v) is 37.0. The lowest BCUT2D eigenvalue weighted by atomic mass is 9.85. The molecule has 4 aromatic carbocycles. The van der Waals surface area contributed by atoms with Crippen LogP contribution in [-0.4, -0.2) is 80.7 Å². The standard InChI is InChI=1S/C49H58ClN3O8S/c1-62(58,59)52-44(24-19-36-25-27-51-28-26-36)49(57)53-32-43(61-34-39-15-20-41(50)21-16-39)31-45(53)47(55)30-40(29-37-9-4-2-5-10-37)48(56)46(54)14-8-13-35-17-22-42(23-18-35)60-33-38-11-6-3-7-12-38/h2-7,9-12,15-18,20-23,36,40,43-45,51-52H,8,13-14,19,24-34H2,1H3/t40-,43-,44-,45+/m1/s1. The van der Waals surface area contributed by atoms with Gasteiger partial charge < -0.3 is 19.7 Å². The van der Waals surface area contributed by atoms with Crippen LogP contribution in [0.25, 0.3) is 0 Å². The predicted octanol–water partition coefficient (Wildman–Crippen LogP) is 7.08. The van der Waals surface area contributed by atoms with E-state index in [0.29, 0.717) is 36.8 Å². The summed E-state index contributed by atoms with van der Waals surface area (Å²) in [6.07, 6.45) is 4.39. The SMILES string of the molecule is CS(=O)(=O)N[C@H](CCC1CCNCC1)C(=O)N1C[C@H](OCc2ccc(Cl)cc2)C[C@H]1C(=O)C[C@@H](Cc1ccccc1)C(=O)C(=O)CCCc1ccc(OCc2ccccc2)cc1. The molecule has 0 spiro atoms. The van der Waals surface area contributed by atoms with Gasteiger partial charge in [-0.2, -0.15) is 0 Å². The van der Waals surface area contributed by atoms with Crippen LogP contribution in [-0.2, 0) is 60.0 Å². The molecule has 4 atom stereocenters. The van der Waals surface area contributed by atoms with E-state index < -0.39 is 51.6 Å². The summed E-state index contributed by atoms with van der Waals surface area (Å²) in [4.78, 5) is 58.0. The number of halogens is 1. The van der Waals surface area contributed by atoms with E-state index >= 15 is 0 Å². The van der Waals surface area contributed by atoms with Crippen molar-refractivity contribution in [3.8, 4) is 5.75 Å². The predicted molar refractivity (Wildman–Crippen MR) is 240 cm³/mol. The quantitative estimate of drug-likeness (QED) is 0.0746. The van der Waals surface area contributed by atoms with Gasteiger partial charge in [0.15, 0.2) is 11.6 Å². The van der Waals surface area contributed by atoms with Crippen molar-refractivity contribution in [1.82, 2.24) is 14.9 Å². The van der Waals surface area contributed by atoms with E-state index in [-0.39, 0.29) is 51.0 Å². The molecule has 0 unspecified atom stereocenters. The highest BCUT2D eigenvalue weighted by atomic mass is 35.5. The normalized spacial score (nSPS) is 17.9. The third-order valence-corrected chi connectivity index (χ3v) is 12.7. The molecule has 0 aliphatic carbocycles. The summed E-state index contributed by atoms with van der Waals surface area (Å²) in [6, 6.07) is 32.0. The van der Waals surface area contributed by atoms with Gasteiger partial charge in [0.1, 0.15) is 18.4 Å². The van der Waals surface area contributed by atoms with Crippen LogP contribution < -0.4 is 14.8 Å². The highest BCUT2D eigenvalue weighted by Gasteiger charge is 2.44. The number of carbonyl (C=O) groups is 4. The number of piperidine rings is 1. The molecule has 2 aliphatic heterocycles. The second-order valence-electron chi connectivity index (χ2n) is 16.6. The zero-order chi connectivity index (χ0) is 43.9. The van der Waals surface area contributed by atoms with Gasteiger partial charge in [-0.05, 0) is 110 Å². The summed E-state index contributed by atoms with van der Waals surface area (Å²) in [6.45, 7) is 2.46. The molecule has 2 saturated heterocycles. The number of hydrogen-bond donors (Lipinski definition) is 2. The number of benzene rings is 4. The maximum atomic E-state index is 14.5. The Morgan fingerprint density at radius 2 is 1.45 bits per heavy atom. The molecule has 4 aromatic rings. The van der Waals surface area contributed by atoms with Crippen molar-refractivity contribution in [2.45, 2.75) is 95.6 Å². The van der Waals surface area contributed by atoms with Crippen LogP contribution in [0.5, 0.6) is 5.75 Å². The Morgan fingerprint density at radius 3 is 2.11 bits per heavy atom. The van der Waals surface area contributed by atoms with Crippen molar-refractivity contribution < 1.29 is 37.1 Å². The van der Waals surface area contributed by atoms with Gasteiger partial charge in [0.05, 0.1) is 25.0 Å². The molecular formula is C49H58ClN3O8S. The summed E-state index contributed by atoms with van der Waals surface area (Å²) in [5, 5.41) is 3.92. The Labute approximate surface area is 371 Å². The van der Waals surface area contributed by atoms with Crippen molar-refractivity contribution in [1.29, 1.82) is 0 Å².